The van der Waals surface area contributed by atoms with Crippen LogP contribution in [0, 0.1) is 0 Å². The van der Waals surface area contributed by atoms with Gasteiger partial charge >= 0.3 is 0 Å². The predicted octanol–water partition coefficient (Wildman–Crippen LogP) is 3.57. The number of hydrogen-bond acceptors (Lipinski definition) is 5. The van der Waals surface area contributed by atoms with Crippen LogP contribution in [0.15, 0.2) is 23.2 Å². The SMILES string of the molecule is CCNC(=NCc1ccc(OCCN(CC)CC)c(OC)c1)NCC1CCCN1CC.I. The minimum absolute atomic E-state index is 0. The van der Waals surface area contributed by atoms with Crippen LogP contribution in [0.2, 0.25) is 0 Å². The quantitative estimate of drug-likeness (QED) is 0.218. The molecule has 1 aromatic carbocycles. The molecule has 2 rings (SSSR count). The van der Waals surface area contributed by atoms with E-state index in [0.717, 1.165) is 62.3 Å². The van der Waals surface area contributed by atoms with Crippen LogP contribution in [-0.4, -0.2) is 81.3 Å². The molecule has 0 aromatic heterocycles. The second-order valence-electron chi connectivity index (χ2n) is 7.86. The molecule has 0 aliphatic carbocycles. The van der Waals surface area contributed by atoms with Crippen molar-refractivity contribution in [1.29, 1.82) is 0 Å². The Labute approximate surface area is 212 Å². The highest BCUT2D eigenvalue weighted by atomic mass is 127. The summed E-state index contributed by atoms with van der Waals surface area (Å²) in [7, 11) is 1.69. The zero-order valence-electron chi connectivity index (χ0n) is 20.7. The summed E-state index contributed by atoms with van der Waals surface area (Å²) < 4.78 is 11.5. The Balaban J connectivity index is 0.00000512. The van der Waals surface area contributed by atoms with Crippen LogP contribution in [0.1, 0.15) is 46.1 Å². The van der Waals surface area contributed by atoms with Crippen molar-refractivity contribution >= 4 is 29.9 Å². The fraction of sp³-hybridized carbons (Fsp3) is 0.708. The number of hydrogen-bond donors (Lipinski definition) is 2. The zero-order chi connectivity index (χ0) is 22.5. The molecule has 1 atom stereocenters. The van der Waals surface area contributed by atoms with Crippen molar-refractivity contribution in [2.45, 2.75) is 53.1 Å². The number of likely N-dealkylation sites (tertiary alicyclic amines) is 1. The fourth-order valence-electron chi connectivity index (χ4n) is 4.02. The summed E-state index contributed by atoms with van der Waals surface area (Å²) in [6.07, 6.45) is 2.55. The van der Waals surface area contributed by atoms with Crippen LogP contribution in [-0.2, 0) is 6.54 Å². The standard InChI is InChI=1S/C24H43N5O2.HI/c1-6-25-24(27-19-21-11-10-14-29(21)9-4)26-18-20-12-13-22(23(17-20)30-5)31-16-15-28(7-2)8-3;/h12-13,17,21H,6-11,14-16,18-19H2,1-5H3,(H2,25,26,27);1H. The van der Waals surface area contributed by atoms with Crippen molar-refractivity contribution in [2.75, 3.05) is 59.5 Å². The molecule has 1 saturated heterocycles. The number of aliphatic imine (C=N–C) groups is 1. The van der Waals surface area contributed by atoms with Crippen LogP contribution in [0.5, 0.6) is 11.5 Å². The molecule has 0 spiro atoms. The van der Waals surface area contributed by atoms with Gasteiger partial charge in [-0.2, -0.15) is 0 Å². The number of benzene rings is 1. The molecule has 0 radical (unpaired) electrons. The lowest BCUT2D eigenvalue weighted by atomic mass is 10.2. The molecule has 1 heterocycles. The predicted molar refractivity (Wildman–Crippen MR) is 145 cm³/mol. The molecule has 0 saturated carbocycles. The van der Waals surface area contributed by atoms with Crippen LogP contribution < -0.4 is 20.1 Å². The monoisotopic (exact) mass is 561 g/mol. The molecule has 2 N–H and O–H groups in total. The highest BCUT2D eigenvalue weighted by Crippen LogP contribution is 2.28. The molecule has 1 aliphatic rings. The van der Waals surface area contributed by atoms with Gasteiger partial charge in [0.15, 0.2) is 17.5 Å². The minimum atomic E-state index is 0. The summed E-state index contributed by atoms with van der Waals surface area (Å²) >= 11 is 0. The average molecular weight is 562 g/mol. The Hall–Kier alpha value is -1.26. The molecule has 184 valence electrons. The lowest BCUT2D eigenvalue weighted by molar-refractivity contribution is 0.217. The van der Waals surface area contributed by atoms with Crippen LogP contribution >= 0.6 is 24.0 Å². The number of nitrogens with one attached hydrogen (secondary N) is 2. The first-order valence-electron chi connectivity index (χ1n) is 11.9. The summed E-state index contributed by atoms with van der Waals surface area (Å²) in [6.45, 7) is 17.0. The van der Waals surface area contributed by atoms with E-state index in [-0.39, 0.29) is 24.0 Å². The van der Waals surface area contributed by atoms with Crippen LogP contribution in [0.25, 0.3) is 0 Å². The molecule has 0 bridgehead atoms. The van der Waals surface area contributed by atoms with Gasteiger partial charge in [0.05, 0.1) is 13.7 Å². The molecule has 0 amide bonds. The van der Waals surface area contributed by atoms with E-state index in [1.54, 1.807) is 7.11 Å². The molecule has 1 fully saturated rings. The van der Waals surface area contributed by atoms with Gasteiger partial charge in [0, 0.05) is 25.7 Å². The first-order valence-corrected chi connectivity index (χ1v) is 11.9. The van der Waals surface area contributed by atoms with Crippen molar-refractivity contribution in [3.05, 3.63) is 23.8 Å². The molecule has 1 unspecified atom stereocenters. The van der Waals surface area contributed by atoms with Gasteiger partial charge in [0.1, 0.15) is 6.61 Å². The number of ether oxygens (including phenoxy) is 2. The van der Waals surface area contributed by atoms with E-state index in [4.69, 9.17) is 14.5 Å². The van der Waals surface area contributed by atoms with E-state index < -0.39 is 0 Å². The highest BCUT2D eigenvalue weighted by Gasteiger charge is 2.22. The Morgan fingerprint density at radius 1 is 1.16 bits per heavy atom. The van der Waals surface area contributed by atoms with Crippen molar-refractivity contribution < 1.29 is 9.47 Å². The lowest BCUT2D eigenvalue weighted by Gasteiger charge is -2.24. The summed E-state index contributed by atoms with van der Waals surface area (Å²) in [5.41, 5.74) is 1.10. The van der Waals surface area contributed by atoms with Gasteiger partial charge in [-0.1, -0.05) is 26.8 Å². The molecule has 1 aliphatic heterocycles. The third-order valence-corrected chi connectivity index (χ3v) is 5.96. The first kappa shape index (κ1) is 28.8. The zero-order valence-corrected chi connectivity index (χ0v) is 23.0. The molecular weight excluding hydrogens is 517 g/mol. The van der Waals surface area contributed by atoms with Crippen LogP contribution in [0.4, 0.5) is 0 Å². The van der Waals surface area contributed by atoms with Gasteiger partial charge in [0.2, 0.25) is 0 Å². The largest absolute Gasteiger partial charge is 0.493 e. The minimum Gasteiger partial charge on any atom is -0.493 e. The number of halogens is 1. The van der Waals surface area contributed by atoms with Crippen molar-refractivity contribution in [3.63, 3.8) is 0 Å². The number of guanidine groups is 1. The van der Waals surface area contributed by atoms with Crippen molar-refractivity contribution in [2.24, 2.45) is 4.99 Å². The highest BCUT2D eigenvalue weighted by molar-refractivity contribution is 14.0. The molecule has 32 heavy (non-hydrogen) atoms. The number of rotatable bonds is 13. The molecule has 1 aromatic rings. The summed E-state index contributed by atoms with van der Waals surface area (Å²) in [5.74, 6) is 2.41. The Morgan fingerprint density at radius 2 is 1.94 bits per heavy atom. The second kappa shape index (κ2) is 16.4. The third kappa shape index (κ3) is 9.31. The maximum atomic E-state index is 5.97. The van der Waals surface area contributed by atoms with Crippen LogP contribution in [0.3, 0.4) is 0 Å². The number of nitrogens with zero attached hydrogens (tertiary/aromatic N) is 3. The van der Waals surface area contributed by atoms with Gasteiger partial charge in [-0.05, 0) is 63.6 Å². The Kier molecular flexibility index (Phi) is 14.7. The van der Waals surface area contributed by atoms with E-state index in [0.29, 0.717) is 19.2 Å². The second-order valence-corrected chi connectivity index (χ2v) is 7.86. The smallest absolute Gasteiger partial charge is 0.191 e. The summed E-state index contributed by atoms with van der Waals surface area (Å²) in [4.78, 5) is 9.67. The molecular formula is C24H44IN5O2. The van der Waals surface area contributed by atoms with Gasteiger partial charge in [-0.3, -0.25) is 4.90 Å². The van der Waals surface area contributed by atoms with Gasteiger partial charge in [-0.15, -0.1) is 24.0 Å². The number of methoxy groups -OCH3 is 1. The molecule has 7 nitrogen and oxygen atoms in total. The summed E-state index contributed by atoms with van der Waals surface area (Å²) in [6, 6.07) is 6.68. The maximum Gasteiger partial charge on any atom is 0.191 e. The Morgan fingerprint density at radius 3 is 2.59 bits per heavy atom. The topological polar surface area (TPSA) is 61.4 Å². The third-order valence-electron chi connectivity index (χ3n) is 5.96. The van der Waals surface area contributed by atoms with Crippen molar-refractivity contribution in [3.8, 4) is 11.5 Å². The van der Waals surface area contributed by atoms with Crippen molar-refractivity contribution in [1.82, 2.24) is 20.4 Å². The van der Waals surface area contributed by atoms with E-state index >= 15 is 0 Å². The number of likely N-dealkylation sites (N-methyl/N-ethyl adjacent to an activating group) is 2. The van der Waals surface area contributed by atoms with E-state index in [2.05, 4.69) is 54.2 Å². The lowest BCUT2D eigenvalue weighted by Crippen LogP contribution is -2.44. The normalized spacial score (nSPS) is 16.7. The van der Waals surface area contributed by atoms with E-state index in [9.17, 15) is 0 Å². The van der Waals surface area contributed by atoms with E-state index in [1.807, 2.05) is 12.1 Å². The maximum absolute atomic E-state index is 5.97. The fourth-order valence-corrected chi connectivity index (χ4v) is 4.02. The first-order chi connectivity index (χ1) is 15.1. The van der Waals surface area contributed by atoms with Gasteiger partial charge in [-0.25, -0.2) is 4.99 Å². The Bertz CT molecular complexity index is 670. The average Bonchev–Trinajstić information content (AvgIpc) is 3.26. The van der Waals surface area contributed by atoms with Gasteiger partial charge in [0.25, 0.3) is 0 Å². The summed E-state index contributed by atoms with van der Waals surface area (Å²) in [5, 5.41) is 6.88. The van der Waals surface area contributed by atoms with Gasteiger partial charge < -0.3 is 25.0 Å². The van der Waals surface area contributed by atoms with E-state index in [1.165, 1.54) is 19.4 Å². The molecule has 8 heteroatoms.